The first kappa shape index (κ1) is 20.1. The number of benzene rings is 1. The molecule has 3 rings (SSSR count). The highest BCUT2D eigenvalue weighted by Crippen LogP contribution is 2.33. The van der Waals surface area contributed by atoms with Gasteiger partial charge in [0.1, 0.15) is 4.83 Å². The minimum atomic E-state index is -0.911. The predicted molar refractivity (Wildman–Crippen MR) is 113 cm³/mol. The van der Waals surface area contributed by atoms with Crippen LogP contribution < -0.4 is 16.6 Å². The van der Waals surface area contributed by atoms with Crippen molar-refractivity contribution in [2.75, 3.05) is 0 Å². The van der Waals surface area contributed by atoms with Gasteiger partial charge < -0.3 is 5.73 Å². The Morgan fingerprint density at radius 2 is 2.00 bits per heavy atom. The average Bonchev–Trinajstić information content (AvgIpc) is 3.05. The number of aryl methyl sites for hydroxylation is 2. The molecule has 9 heteroatoms. The zero-order valence-corrected chi connectivity index (χ0v) is 17.5. The second-order valence-electron chi connectivity index (χ2n) is 6.50. The molecule has 3 aromatic rings. The number of carbonyl (C=O) groups excluding carboxylic acids is 2. The van der Waals surface area contributed by atoms with E-state index in [0.717, 1.165) is 28.5 Å². The van der Waals surface area contributed by atoms with E-state index in [4.69, 9.17) is 5.73 Å². The van der Waals surface area contributed by atoms with Crippen LogP contribution in [0.15, 0.2) is 33.5 Å². The van der Waals surface area contributed by atoms with Crippen molar-refractivity contribution >= 4 is 45.3 Å². The molecule has 0 radical (unpaired) electrons. The van der Waals surface area contributed by atoms with E-state index in [1.807, 2.05) is 36.7 Å². The number of primary amides is 1. The number of carbonyl (C=O) groups is 2. The SMILES string of the molecule is Cc1ccc(-c2csc3nc(S[C@@H](C)C(=O)NC(N)=O)n(C)c(=O)c23)cc1C. The van der Waals surface area contributed by atoms with Crippen LogP contribution in [0.5, 0.6) is 0 Å². The van der Waals surface area contributed by atoms with Crippen molar-refractivity contribution in [3.63, 3.8) is 0 Å². The molecule has 2 heterocycles. The van der Waals surface area contributed by atoms with Gasteiger partial charge in [-0.2, -0.15) is 0 Å². The van der Waals surface area contributed by atoms with Crippen LogP contribution in [-0.2, 0) is 11.8 Å². The van der Waals surface area contributed by atoms with E-state index in [0.29, 0.717) is 15.4 Å². The standard InChI is InChI=1S/C19H20N4O3S2/c1-9-5-6-12(7-10(9)2)13-8-27-16-14(13)17(25)23(4)19(22-16)28-11(3)15(24)21-18(20)26/h5-8,11H,1-4H3,(H3,20,21,24,26)/t11-/m0/s1. The van der Waals surface area contributed by atoms with E-state index in [9.17, 15) is 14.4 Å². The summed E-state index contributed by atoms with van der Waals surface area (Å²) < 4.78 is 1.43. The van der Waals surface area contributed by atoms with Crippen LogP contribution in [0.4, 0.5) is 4.79 Å². The van der Waals surface area contributed by atoms with Gasteiger partial charge in [0, 0.05) is 18.0 Å². The second kappa shape index (κ2) is 7.76. The van der Waals surface area contributed by atoms with Crippen molar-refractivity contribution < 1.29 is 9.59 Å². The molecule has 0 aliphatic carbocycles. The highest BCUT2D eigenvalue weighted by Gasteiger charge is 2.21. The first-order valence-electron chi connectivity index (χ1n) is 8.52. The Hall–Kier alpha value is -2.65. The predicted octanol–water partition coefficient (Wildman–Crippen LogP) is 2.95. The molecule has 0 fully saturated rings. The van der Waals surface area contributed by atoms with Crippen LogP contribution in [0.2, 0.25) is 0 Å². The maximum atomic E-state index is 13.0. The fourth-order valence-electron chi connectivity index (χ4n) is 2.71. The molecule has 0 spiro atoms. The fourth-order valence-corrected chi connectivity index (χ4v) is 4.58. The molecule has 0 unspecified atom stereocenters. The summed E-state index contributed by atoms with van der Waals surface area (Å²) >= 11 is 2.49. The third-order valence-corrected chi connectivity index (χ3v) is 6.51. The van der Waals surface area contributed by atoms with Gasteiger partial charge in [-0.3, -0.25) is 19.5 Å². The monoisotopic (exact) mass is 416 g/mol. The summed E-state index contributed by atoms with van der Waals surface area (Å²) in [6.07, 6.45) is 0. The van der Waals surface area contributed by atoms with Gasteiger partial charge in [0.2, 0.25) is 5.91 Å². The zero-order chi connectivity index (χ0) is 20.6. The Bertz CT molecular complexity index is 1150. The van der Waals surface area contributed by atoms with Gasteiger partial charge >= 0.3 is 6.03 Å². The summed E-state index contributed by atoms with van der Waals surface area (Å²) in [4.78, 5) is 41.0. The van der Waals surface area contributed by atoms with Crippen LogP contribution in [0.3, 0.4) is 0 Å². The molecular weight excluding hydrogens is 396 g/mol. The highest BCUT2D eigenvalue weighted by molar-refractivity contribution is 8.00. The minimum Gasteiger partial charge on any atom is -0.351 e. The topological polar surface area (TPSA) is 107 Å². The smallest absolute Gasteiger partial charge is 0.318 e. The number of hydrogen-bond acceptors (Lipinski definition) is 6. The molecule has 0 bridgehead atoms. The number of rotatable bonds is 4. The van der Waals surface area contributed by atoms with E-state index in [1.165, 1.54) is 21.5 Å². The second-order valence-corrected chi connectivity index (χ2v) is 8.67. The van der Waals surface area contributed by atoms with Gasteiger partial charge in [-0.05, 0) is 37.5 Å². The normalized spacial score (nSPS) is 12.1. The number of thioether (sulfide) groups is 1. The maximum absolute atomic E-state index is 13.0. The van der Waals surface area contributed by atoms with E-state index < -0.39 is 17.2 Å². The number of nitrogens with zero attached hydrogens (tertiary/aromatic N) is 2. The molecule has 7 nitrogen and oxygen atoms in total. The van der Waals surface area contributed by atoms with Crippen LogP contribution in [0.25, 0.3) is 21.3 Å². The molecule has 1 aromatic carbocycles. The molecular formula is C19H20N4O3S2. The Balaban J connectivity index is 2.03. The van der Waals surface area contributed by atoms with Crippen molar-refractivity contribution in [3.05, 3.63) is 45.1 Å². The van der Waals surface area contributed by atoms with Crippen molar-refractivity contribution in [2.45, 2.75) is 31.2 Å². The third kappa shape index (κ3) is 3.81. The number of thiophene rings is 1. The van der Waals surface area contributed by atoms with Gasteiger partial charge in [-0.25, -0.2) is 9.78 Å². The Kier molecular flexibility index (Phi) is 5.57. The van der Waals surface area contributed by atoms with Crippen molar-refractivity contribution in [1.82, 2.24) is 14.9 Å². The number of nitrogens with one attached hydrogen (secondary N) is 1. The van der Waals surface area contributed by atoms with Crippen LogP contribution in [-0.4, -0.2) is 26.7 Å². The molecule has 1 atom stereocenters. The lowest BCUT2D eigenvalue weighted by atomic mass is 10.0. The first-order chi connectivity index (χ1) is 13.2. The van der Waals surface area contributed by atoms with E-state index >= 15 is 0 Å². The summed E-state index contributed by atoms with van der Waals surface area (Å²) in [5.41, 5.74) is 8.98. The Morgan fingerprint density at radius 3 is 2.64 bits per heavy atom. The summed E-state index contributed by atoms with van der Waals surface area (Å²) in [7, 11) is 1.62. The molecule has 0 saturated carbocycles. The number of urea groups is 1. The number of fused-ring (bicyclic) bond motifs is 1. The molecule has 0 saturated heterocycles. The number of imide groups is 1. The number of amides is 3. The molecule has 146 valence electrons. The zero-order valence-electron chi connectivity index (χ0n) is 15.9. The Morgan fingerprint density at radius 1 is 1.29 bits per heavy atom. The van der Waals surface area contributed by atoms with Crippen molar-refractivity contribution in [3.8, 4) is 11.1 Å². The van der Waals surface area contributed by atoms with Gasteiger partial charge in [-0.15, -0.1) is 11.3 Å². The van der Waals surface area contributed by atoms with E-state index in [-0.39, 0.29) is 5.56 Å². The summed E-state index contributed by atoms with van der Waals surface area (Å²) in [6.45, 7) is 5.70. The third-order valence-electron chi connectivity index (χ3n) is 4.49. The number of aromatic nitrogens is 2. The lowest BCUT2D eigenvalue weighted by molar-refractivity contribution is -0.119. The summed E-state index contributed by atoms with van der Waals surface area (Å²) in [5.74, 6) is -0.533. The van der Waals surface area contributed by atoms with Crippen LogP contribution >= 0.6 is 23.1 Å². The van der Waals surface area contributed by atoms with Crippen LogP contribution in [0, 0.1) is 13.8 Å². The quantitative estimate of drug-likeness (QED) is 0.502. The Labute approximate surface area is 170 Å². The van der Waals surface area contributed by atoms with E-state index in [1.54, 1.807) is 14.0 Å². The molecule has 28 heavy (non-hydrogen) atoms. The molecule has 3 amide bonds. The highest BCUT2D eigenvalue weighted by atomic mass is 32.2. The van der Waals surface area contributed by atoms with Gasteiger partial charge in [-0.1, -0.05) is 30.0 Å². The maximum Gasteiger partial charge on any atom is 0.318 e. The fraction of sp³-hybridized carbons (Fsp3) is 0.263. The van der Waals surface area contributed by atoms with Crippen LogP contribution in [0.1, 0.15) is 18.1 Å². The number of nitrogens with two attached hydrogens (primary N) is 1. The lowest BCUT2D eigenvalue weighted by Gasteiger charge is -2.12. The molecule has 0 aliphatic rings. The average molecular weight is 417 g/mol. The van der Waals surface area contributed by atoms with Crippen molar-refractivity contribution in [2.24, 2.45) is 12.8 Å². The van der Waals surface area contributed by atoms with Gasteiger partial charge in [0.05, 0.1) is 10.6 Å². The lowest BCUT2D eigenvalue weighted by Crippen LogP contribution is -2.39. The first-order valence-corrected chi connectivity index (χ1v) is 10.3. The molecule has 3 N–H and O–H groups in total. The van der Waals surface area contributed by atoms with Gasteiger partial charge in [0.25, 0.3) is 5.56 Å². The van der Waals surface area contributed by atoms with E-state index in [2.05, 4.69) is 11.1 Å². The summed E-state index contributed by atoms with van der Waals surface area (Å²) in [5, 5.41) is 4.30. The van der Waals surface area contributed by atoms with Gasteiger partial charge in [0.15, 0.2) is 5.16 Å². The van der Waals surface area contributed by atoms with Crippen molar-refractivity contribution in [1.29, 1.82) is 0 Å². The molecule has 2 aromatic heterocycles. The molecule has 0 aliphatic heterocycles. The summed E-state index contributed by atoms with van der Waals surface area (Å²) in [6, 6.07) is 5.19. The minimum absolute atomic E-state index is 0.176. The largest absolute Gasteiger partial charge is 0.351 e. The number of hydrogen-bond donors (Lipinski definition) is 2.